The molecular weight excluding hydrogens is 535 g/mol. The molecule has 0 saturated heterocycles. The first-order valence-electron chi connectivity index (χ1n) is 10.8. The molecule has 3 N–H and O–H groups in total. The maximum atomic E-state index is 12.2. The summed E-state index contributed by atoms with van der Waals surface area (Å²) in [5.74, 6) is -1.09. The number of esters is 1. The number of ether oxygens (including phenoxy) is 2. The number of carbonyl (C=O) groups is 3. The Kier molecular flexibility index (Phi) is 13.5. The molecular formula is C24H31AsN2O9. The summed E-state index contributed by atoms with van der Waals surface area (Å²) >= 11 is -5.24. The van der Waals surface area contributed by atoms with Crippen molar-refractivity contribution < 1.29 is 40.8 Å². The third kappa shape index (κ3) is 10.2. The van der Waals surface area contributed by atoms with E-state index in [1.165, 1.54) is 32.2 Å². The van der Waals surface area contributed by atoms with Gasteiger partial charge in [-0.3, -0.25) is 0 Å². The smallest absolute Gasteiger partial charge is 0.338 e. The second kappa shape index (κ2) is 15.7. The van der Waals surface area contributed by atoms with Gasteiger partial charge in [0.15, 0.2) is 0 Å². The molecule has 1 unspecified atom stereocenters. The first-order valence-corrected chi connectivity index (χ1v) is 14.1. The van der Waals surface area contributed by atoms with Gasteiger partial charge in [-0.25, -0.2) is 4.79 Å². The molecule has 0 aromatic heterocycles. The molecule has 2 amide bonds. The molecule has 12 heteroatoms. The zero-order valence-electron chi connectivity index (χ0n) is 20.4. The van der Waals surface area contributed by atoms with Crippen molar-refractivity contribution in [2.75, 3.05) is 37.1 Å². The normalized spacial score (nSPS) is 11.8. The second-order valence-corrected chi connectivity index (χ2v) is 10.7. The number of hydrogen-bond acceptors (Lipinski definition) is 8. The van der Waals surface area contributed by atoms with Crippen LogP contribution in [0.1, 0.15) is 30.6 Å². The first kappa shape index (κ1) is 30.8. The monoisotopic (exact) mass is 566 g/mol. The molecule has 0 fully saturated rings. The van der Waals surface area contributed by atoms with E-state index in [4.69, 9.17) is 14.7 Å². The number of anilines is 2. The number of rotatable bonds is 11. The molecule has 1 atom stereocenters. The van der Waals surface area contributed by atoms with Gasteiger partial charge in [-0.05, 0) is 19.1 Å². The van der Waals surface area contributed by atoms with Gasteiger partial charge < -0.3 is 4.74 Å². The van der Waals surface area contributed by atoms with Gasteiger partial charge in [-0.1, -0.05) is 18.2 Å². The minimum Gasteiger partial charge on any atom is -0.462 e. The summed E-state index contributed by atoms with van der Waals surface area (Å²) < 4.78 is 35.3. The largest absolute Gasteiger partial charge is 0.462 e. The van der Waals surface area contributed by atoms with Gasteiger partial charge in [-0.15, -0.1) is 0 Å². The summed E-state index contributed by atoms with van der Waals surface area (Å²) in [5.41, 5.74) is 0.934. The van der Waals surface area contributed by atoms with Crippen LogP contribution in [-0.4, -0.2) is 68.2 Å². The minimum atomic E-state index is -5.24. The van der Waals surface area contributed by atoms with E-state index in [1.807, 2.05) is 18.2 Å². The second-order valence-electron chi connectivity index (χ2n) is 7.16. The molecule has 0 aliphatic rings. The number of likely N-dealkylation sites (N-methyl/N-ethyl adjacent to an activating group) is 1. The van der Waals surface area contributed by atoms with Gasteiger partial charge in [0.1, 0.15) is 0 Å². The van der Waals surface area contributed by atoms with E-state index < -0.39 is 20.1 Å². The van der Waals surface area contributed by atoms with Gasteiger partial charge in [-0.2, -0.15) is 0 Å². The van der Waals surface area contributed by atoms with Crippen LogP contribution >= 0.6 is 0 Å². The van der Waals surface area contributed by atoms with Crippen molar-refractivity contribution in [2.45, 2.75) is 20.3 Å². The SMILES string of the molecule is C=CCCOCC(=O)N(C)c1cc(NC(C)=O)ccc1[As](=O)(O)OO.CCOC(=O)c1ccccc1. The van der Waals surface area contributed by atoms with Crippen molar-refractivity contribution in [1.82, 2.24) is 0 Å². The molecule has 2 aromatic carbocycles. The fraction of sp³-hybridized carbons (Fsp3) is 0.292. The Labute approximate surface area is 212 Å². The summed E-state index contributed by atoms with van der Waals surface area (Å²) in [4.78, 5) is 35.5. The topological polar surface area (TPSA) is 152 Å². The van der Waals surface area contributed by atoms with Crippen LogP contribution < -0.4 is 14.6 Å². The summed E-state index contributed by atoms with van der Waals surface area (Å²) in [6.45, 7) is 7.11. The number of benzene rings is 2. The van der Waals surface area contributed by atoms with Gasteiger partial charge >= 0.3 is 154 Å². The molecule has 196 valence electrons. The van der Waals surface area contributed by atoms with Crippen molar-refractivity contribution in [3.05, 3.63) is 66.7 Å². The van der Waals surface area contributed by atoms with E-state index >= 15 is 0 Å². The summed E-state index contributed by atoms with van der Waals surface area (Å²) in [6.07, 6.45) is 2.22. The van der Waals surface area contributed by atoms with E-state index in [0.717, 1.165) is 4.90 Å². The van der Waals surface area contributed by atoms with E-state index in [1.54, 1.807) is 25.1 Å². The van der Waals surface area contributed by atoms with Crippen LogP contribution in [0.25, 0.3) is 0 Å². The van der Waals surface area contributed by atoms with Gasteiger partial charge in [0.2, 0.25) is 0 Å². The zero-order chi connectivity index (χ0) is 27.1. The Morgan fingerprint density at radius 2 is 1.83 bits per heavy atom. The fourth-order valence-corrected chi connectivity index (χ4v) is 4.50. The molecule has 11 nitrogen and oxygen atoms in total. The minimum absolute atomic E-state index is 0.0163. The molecule has 0 aliphatic heterocycles. The van der Waals surface area contributed by atoms with Gasteiger partial charge in [0.25, 0.3) is 0 Å². The number of nitrogens with zero attached hydrogens (tertiary/aromatic N) is 1. The first-order chi connectivity index (χ1) is 17.1. The third-order valence-electron chi connectivity index (χ3n) is 4.42. The van der Waals surface area contributed by atoms with E-state index in [9.17, 15) is 22.2 Å². The summed E-state index contributed by atoms with van der Waals surface area (Å²) in [7, 11) is 1.38. The number of carbonyl (C=O) groups excluding carboxylic acids is 3. The molecule has 0 radical (unpaired) electrons. The molecule has 0 heterocycles. The zero-order valence-corrected chi connectivity index (χ0v) is 22.3. The molecule has 36 heavy (non-hydrogen) atoms. The van der Waals surface area contributed by atoms with Crippen molar-refractivity contribution in [3.63, 3.8) is 0 Å². The quantitative estimate of drug-likeness (QED) is 0.0928. The molecule has 0 bridgehead atoms. The maximum absolute atomic E-state index is 12.2. The summed E-state index contributed by atoms with van der Waals surface area (Å²) in [6, 6.07) is 12.9. The van der Waals surface area contributed by atoms with E-state index in [2.05, 4.69) is 15.8 Å². The van der Waals surface area contributed by atoms with Crippen LogP contribution in [0.3, 0.4) is 0 Å². The molecule has 2 aromatic rings. The van der Waals surface area contributed by atoms with Crippen LogP contribution in [0.5, 0.6) is 0 Å². The number of nitrogens with one attached hydrogen (secondary N) is 1. The third-order valence-corrected chi connectivity index (χ3v) is 6.96. The van der Waals surface area contributed by atoms with Gasteiger partial charge in [0.05, 0.1) is 12.2 Å². The van der Waals surface area contributed by atoms with Crippen molar-refractivity contribution in [1.29, 1.82) is 0 Å². The average molecular weight is 566 g/mol. The van der Waals surface area contributed by atoms with Gasteiger partial charge in [0, 0.05) is 0 Å². The standard InChI is InChI=1S/C15H21AsN2O7.C9H10O2/c1-4-5-8-24-10-15(20)18(3)14-9-12(17-11(2)19)6-7-13(14)16(21,22)25-23;1-2-11-9(10)8-6-4-3-5-7-8/h4,6-7,9,23H,1,5,8,10H2,2-3H3,(H,17,19)(H,21,22);3-7H,2H2,1H3. The predicted octanol–water partition coefficient (Wildman–Crippen LogP) is 2.12. The fourth-order valence-electron chi connectivity index (χ4n) is 2.70. The number of amides is 2. The molecule has 2 rings (SSSR count). The number of hydrogen-bond donors (Lipinski definition) is 3. The van der Waals surface area contributed by atoms with Crippen molar-refractivity contribution in [2.24, 2.45) is 0 Å². The summed E-state index contributed by atoms with van der Waals surface area (Å²) in [5, 5.41) is 11.2. The van der Waals surface area contributed by atoms with Crippen LogP contribution in [0, 0.1) is 0 Å². The van der Waals surface area contributed by atoms with Crippen LogP contribution in [0.15, 0.2) is 61.2 Å². The Morgan fingerprint density at radius 3 is 2.39 bits per heavy atom. The van der Waals surface area contributed by atoms with Crippen molar-refractivity contribution >= 4 is 47.7 Å². The molecule has 0 spiro atoms. The van der Waals surface area contributed by atoms with Crippen LogP contribution in [0.4, 0.5) is 11.4 Å². The average Bonchev–Trinajstić information content (AvgIpc) is 2.86. The van der Waals surface area contributed by atoms with Crippen LogP contribution in [-0.2, 0) is 26.7 Å². The Bertz CT molecular complexity index is 1080. The van der Waals surface area contributed by atoms with E-state index in [0.29, 0.717) is 30.9 Å². The Morgan fingerprint density at radius 1 is 1.17 bits per heavy atom. The molecule has 0 aliphatic carbocycles. The maximum Gasteiger partial charge on any atom is 0.338 e. The van der Waals surface area contributed by atoms with E-state index in [-0.39, 0.29) is 28.5 Å². The predicted molar refractivity (Wildman–Crippen MR) is 134 cm³/mol. The Balaban J connectivity index is 0.000000488. The Hall–Kier alpha value is -3.21. The van der Waals surface area contributed by atoms with Crippen molar-refractivity contribution in [3.8, 4) is 0 Å². The molecule has 0 saturated carbocycles. The van der Waals surface area contributed by atoms with Crippen LogP contribution in [0.2, 0.25) is 0 Å².